The van der Waals surface area contributed by atoms with Gasteiger partial charge >= 0.3 is 0 Å². The summed E-state index contributed by atoms with van der Waals surface area (Å²) < 4.78 is 39.2. The van der Waals surface area contributed by atoms with E-state index in [1.165, 1.54) is 12.1 Å². The average Bonchev–Trinajstić information content (AvgIpc) is 2.75. The molecule has 82 valence electrons. The molecule has 1 nitrogen and oxygen atoms in total. The minimum Gasteiger partial charge on any atom is -0.329 e. The maximum absolute atomic E-state index is 13.2. The molecule has 1 aromatic carbocycles. The van der Waals surface area contributed by atoms with Crippen LogP contribution in [0.25, 0.3) is 0 Å². The van der Waals surface area contributed by atoms with Gasteiger partial charge in [-0.05, 0) is 17.7 Å². The summed E-state index contributed by atoms with van der Waals surface area (Å²) in [4.78, 5) is 0. The van der Waals surface area contributed by atoms with Gasteiger partial charge in [-0.15, -0.1) is 0 Å². The third kappa shape index (κ3) is 1.43. The molecule has 0 aromatic heterocycles. The Morgan fingerprint density at radius 1 is 1.40 bits per heavy atom. The van der Waals surface area contributed by atoms with Gasteiger partial charge < -0.3 is 5.73 Å². The maximum Gasteiger partial charge on any atom is 0.260 e. The number of benzene rings is 1. The molecule has 15 heavy (non-hydrogen) atoms. The largest absolute Gasteiger partial charge is 0.329 e. The molecule has 1 saturated carbocycles. The van der Waals surface area contributed by atoms with Crippen LogP contribution in [0.5, 0.6) is 0 Å². The van der Waals surface area contributed by atoms with Crippen molar-refractivity contribution in [2.24, 2.45) is 5.73 Å². The number of rotatable bonds is 2. The Kier molecular flexibility index (Phi) is 2.24. The topological polar surface area (TPSA) is 26.0 Å². The molecule has 5 heteroatoms. The van der Waals surface area contributed by atoms with E-state index in [1.54, 1.807) is 0 Å². The maximum atomic E-state index is 13.2. The molecule has 1 atom stereocenters. The molecule has 0 aliphatic heterocycles. The molecule has 0 spiro atoms. The summed E-state index contributed by atoms with van der Waals surface area (Å²) in [6.45, 7) is -0.165. The minimum absolute atomic E-state index is 0.150. The number of hydrogen-bond donors (Lipinski definition) is 1. The lowest BCUT2D eigenvalue weighted by Crippen LogP contribution is -2.26. The molecular formula is C10H9ClF3N. The van der Waals surface area contributed by atoms with Crippen LogP contribution in [-0.2, 0) is 5.41 Å². The van der Waals surface area contributed by atoms with Crippen molar-refractivity contribution in [3.63, 3.8) is 0 Å². The van der Waals surface area contributed by atoms with E-state index in [-0.39, 0.29) is 18.0 Å². The third-order valence-corrected chi connectivity index (χ3v) is 3.21. The van der Waals surface area contributed by atoms with Crippen LogP contribution in [0.2, 0.25) is 5.02 Å². The van der Waals surface area contributed by atoms with Gasteiger partial charge in [0.2, 0.25) is 0 Å². The van der Waals surface area contributed by atoms with E-state index in [1.807, 2.05) is 0 Å². The molecule has 2 rings (SSSR count). The summed E-state index contributed by atoms with van der Waals surface area (Å²) in [5.74, 6) is -3.42. The van der Waals surface area contributed by atoms with Crippen molar-refractivity contribution in [2.45, 2.75) is 17.8 Å². The van der Waals surface area contributed by atoms with E-state index in [0.29, 0.717) is 5.56 Å². The summed E-state index contributed by atoms with van der Waals surface area (Å²) in [5, 5.41) is -0.150. The van der Waals surface area contributed by atoms with Crippen molar-refractivity contribution in [1.82, 2.24) is 0 Å². The average molecular weight is 236 g/mol. The second kappa shape index (κ2) is 3.12. The Bertz CT molecular complexity index is 408. The van der Waals surface area contributed by atoms with Crippen LogP contribution in [0.1, 0.15) is 12.0 Å². The van der Waals surface area contributed by atoms with Crippen molar-refractivity contribution < 1.29 is 13.2 Å². The Labute approximate surface area is 90.0 Å². The fourth-order valence-electron chi connectivity index (χ4n) is 1.78. The van der Waals surface area contributed by atoms with Gasteiger partial charge in [0.25, 0.3) is 5.92 Å². The zero-order valence-corrected chi connectivity index (χ0v) is 8.49. The standard InChI is InChI=1S/C10H9ClF3N/c11-7-3-6(1-2-8(7)12)9(5-15)4-10(9,13)14/h1-3H,4-5,15H2. The van der Waals surface area contributed by atoms with Crippen molar-refractivity contribution in [3.8, 4) is 0 Å². The Morgan fingerprint density at radius 2 is 2.00 bits per heavy atom. The first-order valence-corrected chi connectivity index (χ1v) is 4.84. The quantitative estimate of drug-likeness (QED) is 0.838. The molecule has 0 bridgehead atoms. The summed E-state index contributed by atoms with van der Waals surface area (Å²) in [6, 6.07) is 3.63. The zero-order chi connectivity index (χ0) is 11.3. The second-order valence-electron chi connectivity index (χ2n) is 3.80. The molecule has 0 heterocycles. The molecule has 0 amide bonds. The number of alkyl halides is 2. The van der Waals surface area contributed by atoms with Gasteiger partial charge in [0.05, 0.1) is 10.4 Å². The molecule has 1 unspecified atom stereocenters. The lowest BCUT2D eigenvalue weighted by molar-refractivity contribution is 0.0896. The summed E-state index contributed by atoms with van der Waals surface area (Å²) in [5.41, 5.74) is 4.31. The van der Waals surface area contributed by atoms with E-state index in [9.17, 15) is 13.2 Å². The van der Waals surface area contributed by atoms with Crippen LogP contribution in [0.15, 0.2) is 18.2 Å². The first-order valence-electron chi connectivity index (χ1n) is 4.46. The fourth-order valence-corrected chi connectivity index (χ4v) is 1.96. The summed E-state index contributed by atoms with van der Waals surface area (Å²) >= 11 is 5.54. The second-order valence-corrected chi connectivity index (χ2v) is 4.20. The van der Waals surface area contributed by atoms with E-state index < -0.39 is 17.2 Å². The summed E-state index contributed by atoms with van der Waals surface area (Å²) in [6.07, 6.45) is -0.293. The highest BCUT2D eigenvalue weighted by Crippen LogP contribution is 2.61. The highest BCUT2D eigenvalue weighted by Gasteiger charge is 2.71. The van der Waals surface area contributed by atoms with E-state index >= 15 is 0 Å². The fraction of sp³-hybridized carbons (Fsp3) is 0.400. The number of nitrogens with two attached hydrogens (primary N) is 1. The Hall–Kier alpha value is -0.740. The van der Waals surface area contributed by atoms with E-state index in [4.69, 9.17) is 17.3 Å². The molecule has 1 aliphatic rings. The normalized spacial score (nSPS) is 27.8. The number of halogens is 4. The highest BCUT2D eigenvalue weighted by molar-refractivity contribution is 6.30. The molecule has 1 aromatic rings. The van der Waals surface area contributed by atoms with Crippen molar-refractivity contribution in [2.75, 3.05) is 6.54 Å². The van der Waals surface area contributed by atoms with Crippen LogP contribution in [0.3, 0.4) is 0 Å². The predicted octanol–water partition coefficient (Wildman–Crippen LogP) is 2.71. The van der Waals surface area contributed by atoms with Crippen molar-refractivity contribution >= 4 is 11.6 Å². The van der Waals surface area contributed by atoms with Gasteiger partial charge in [-0.2, -0.15) is 0 Å². The van der Waals surface area contributed by atoms with Crippen LogP contribution in [0.4, 0.5) is 13.2 Å². The first-order chi connectivity index (χ1) is 6.93. The van der Waals surface area contributed by atoms with Crippen LogP contribution < -0.4 is 5.73 Å². The van der Waals surface area contributed by atoms with Gasteiger partial charge in [0, 0.05) is 13.0 Å². The number of hydrogen-bond acceptors (Lipinski definition) is 1. The van der Waals surface area contributed by atoms with Gasteiger partial charge in [-0.1, -0.05) is 17.7 Å². The van der Waals surface area contributed by atoms with Gasteiger partial charge in [0.15, 0.2) is 0 Å². The molecule has 1 fully saturated rings. The Morgan fingerprint density at radius 3 is 2.40 bits per heavy atom. The first kappa shape index (κ1) is 10.8. The third-order valence-electron chi connectivity index (χ3n) is 2.92. The lowest BCUT2D eigenvalue weighted by Gasteiger charge is -2.14. The van der Waals surface area contributed by atoms with Crippen LogP contribution in [0, 0.1) is 5.82 Å². The van der Waals surface area contributed by atoms with Crippen molar-refractivity contribution in [1.29, 1.82) is 0 Å². The van der Waals surface area contributed by atoms with Crippen molar-refractivity contribution in [3.05, 3.63) is 34.6 Å². The monoisotopic (exact) mass is 235 g/mol. The van der Waals surface area contributed by atoms with Crippen LogP contribution in [-0.4, -0.2) is 12.5 Å². The summed E-state index contributed by atoms with van der Waals surface area (Å²) in [7, 11) is 0. The predicted molar refractivity (Wildman–Crippen MR) is 51.7 cm³/mol. The molecule has 1 aliphatic carbocycles. The zero-order valence-electron chi connectivity index (χ0n) is 7.74. The molecular weight excluding hydrogens is 227 g/mol. The highest BCUT2D eigenvalue weighted by atomic mass is 35.5. The molecule has 2 N–H and O–H groups in total. The lowest BCUT2D eigenvalue weighted by atomic mass is 9.95. The molecule has 0 radical (unpaired) electrons. The van der Waals surface area contributed by atoms with E-state index in [2.05, 4.69) is 0 Å². The van der Waals surface area contributed by atoms with Gasteiger partial charge in [0.1, 0.15) is 5.82 Å². The minimum atomic E-state index is -2.80. The van der Waals surface area contributed by atoms with Crippen LogP contribution >= 0.6 is 11.6 Å². The smallest absolute Gasteiger partial charge is 0.260 e. The van der Waals surface area contributed by atoms with Gasteiger partial charge in [-0.3, -0.25) is 0 Å². The Balaban J connectivity index is 2.42. The SMILES string of the molecule is NCC1(c2ccc(F)c(Cl)c2)CC1(F)F. The molecule has 0 saturated heterocycles. The van der Waals surface area contributed by atoms with E-state index in [0.717, 1.165) is 6.07 Å². The van der Waals surface area contributed by atoms with Gasteiger partial charge in [-0.25, -0.2) is 13.2 Å².